The number of aliphatic carboxylic acids is 2. The van der Waals surface area contributed by atoms with E-state index in [1.165, 1.54) is 0 Å². The predicted octanol–water partition coefficient (Wildman–Crippen LogP) is 2.02. The molecule has 0 amide bonds. The molecule has 0 aromatic heterocycles. The minimum absolute atomic E-state index is 0.0693. The van der Waals surface area contributed by atoms with Crippen molar-refractivity contribution in [2.45, 2.75) is 69.9 Å². The van der Waals surface area contributed by atoms with Gasteiger partial charge in [0, 0.05) is 62.8 Å². The lowest BCUT2D eigenvalue weighted by molar-refractivity contribution is -0.143. The third-order valence-corrected chi connectivity index (χ3v) is 8.48. The number of carbonyl (C=O) groups is 4. The number of ether oxygens (including phenoxy) is 3. The fourth-order valence-corrected chi connectivity index (χ4v) is 6.00. The summed E-state index contributed by atoms with van der Waals surface area (Å²) in [5.41, 5.74) is 1.71. The van der Waals surface area contributed by atoms with Gasteiger partial charge in [-0.05, 0) is 58.7 Å². The number of fused-ring (bicyclic) bond motifs is 3. The Labute approximate surface area is 234 Å². The number of hydrogen-bond donors (Lipinski definition) is 2. The van der Waals surface area contributed by atoms with E-state index in [0.717, 1.165) is 63.1 Å². The molecule has 2 N–H and O–H groups in total. The van der Waals surface area contributed by atoms with Crippen molar-refractivity contribution < 1.29 is 43.6 Å². The molecule has 0 aromatic rings. The number of epoxide rings is 1. The molecule has 6 atom stereocenters. The maximum Gasteiger partial charge on any atom is 0.334 e. The van der Waals surface area contributed by atoms with E-state index in [1.54, 1.807) is 0 Å². The van der Waals surface area contributed by atoms with Crippen molar-refractivity contribution in [3.63, 3.8) is 0 Å². The molecule has 220 valence electrons. The first-order valence-electron chi connectivity index (χ1n) is 14.0. The van der Waals surface area contributed by atoms with Gasteiger partial charge in [0.15, 0.2) is 0 Å². The molecule has 4 heterocycles. The molecule has 40 heavy (non-hydrogen) atoms. The molecule has 3 fully saturated rings. The number of carboxylic acid groups (broad SMARTS) is 2. The van der Waals surface area contributed by atoms with Gasteiger partial charge in [-0.25, -0.2) is 14.4 Å². The Morgan fingerprint density at radius 2 is 1.73 bits per heavy atom. The van der Waals surface area contributed by atoms with Crippen LogP contribution in [0.1, 0.15) is 46.0 Å². The van der Waals surface area contributed by atoms with Crippen LogP contribution >= 0.6 is 0 Å². The lowest BCUT2D eigenvalue weighted by Gasteiger charge is -2.34. The van der Waals surface area contributed by atoms with Crippen molar-refractivity contribution in [1.82, 2.24) is 9.80 Å². The summed E-state index contributed by atoms with van der Waals surface area (Å²) in [4.78, 5) is 49.1. The fourth-order valence-electron chi connectivity index (χ4n) is 6.00. The summed E-state index contributed by atoms with van der Waals surface area (Å²) in [5.74, 6) is -2.73. The second-order valence-electron chi connectivity index (χ2n) is 11.6. The van der Waals surface area contributed by atoms with E-state index < -0.39 is 11.9 Å². The third kappa shape index (κ3) is 7.80. The lowest BCUT2D eigenvalue weighted by Crippen LogP contribution is -2.47. The van der Waals surface area contributed by atoms with E-state index in [1.807, 2.05) is 13.0 Å². The number of rotatable bonds is 4. The summed E-state index contributed by atoms with van der Waals surface area (Å²) >= 11 is 0. The van der Waals surface area contributed by atoms with E-state index in [2.05, 4.69) is 29.8 Å². The van der Waals surface area contributed by atoms with Gasteiger partial charge in [0.1, 0.15) is 12.2 Å². The van der Waals surface area contributed by atoms with E-state index >= 15 is 0 Å². The van der Waals surface area contributed by atoms with Crippen molar-refractivity contribution in [2.24, 2.45) is 11.8 Å². The van der Waals surface area contributed by atoms with Crippen LogP contribution in [0.2, 0.25) is 0 Å². The van der Waals surface area contributed by atoms with Crippen LogP contribution in [0.15, 0.2) is 35.5 Å². The first-order chi connectivity index (χ1) is 18.9. The summed E-state index contributed by atoms with van der Waals surface area (Å²) < 4.78 is 17.6. The standard InChI is InChI=1S/C25H36N2O5.C4H4O4/c1-16-12-18-14-17(23(28)30-18)4-5-22-25(2,32-22)7-6-19-20(24(29)31-21(19)13-16)15-27-10-8-26(3)9-11-27;5-3(6)1-2-4(7)8/h13-14,18-22H,4-12,15H2,1-3H3;1-2H,(H,5,6)(H,7,8)/b16-13+;2-1+/t18-,19-,20+,21+,22-,25-;/m0./s1. The third-order valence-electron chi connectivity index (χ3n) is 8.48. The average molecular weight is 561 g/mol. The minimum Gasteiger partial charge on any atom is -0.478 e. The molecule has 5 rings (SSSR count). The molecule has 0 aromatic carbocycles. The van der Waals surface area contributed by atoms with Crippen LogP contribution in [-0.4, -0.2) is 108 Å². The van der Waals surface area contributed by atoms with Crippen LogP contribution in [0.3, 0.4) is 0 Å². The molecular formula is C29H40N2O9. The fraction of sp³-hybridized carbons (Fsp3) is 0.655. The van der Waals surface area contributed by atoms with Crippen LogP contribution in [0.4, 0.5) is 0 Å². The Bertz CT molecular complexity index is 1080. The van der Waals surface area contributed by atoms with Gasteiger partial charge in [-0.1, -0.05) is 5.57 Å². The van der Waals surface area contributed by atoms with Crippen LogP contribution in [0, 0.1) is 11.8 Å². The second kappa shape index (κ2) is 12.7. The summed E-state index contributed by atoms with van der Waals surface area (Å²) in [6, 6.07) is 0. The van der Waals surface area contributed by atoms with Gasteiger partial charge in [0.2, 0.25) is 0 Å². The number of nitrogens with zero attached hydrogens (tertiary/aromatic N) is 2. The highest BCUT2D eigenvalue weighted by molar-refractivity contribution is 5.91. The SMILES string of the molecule is C/C1=C\[C@H]2OC(=O)[C@H](CN3CCN(C)CC3)[C@@H]2CC[C@]2(C)O[C@H]2CCC2=C[C@H](C1)OC2=O.O=C(O)/C=C/C(=O)O. The zero-order valence-corrected chi connectivity index (χ0v) is 23.4. The zero-order valence-electron chi connectivity index (χ0n) is 23.4. The van der Waals surface area contributed by atoms with Gasteiger partial charge in [-0.3, -0.25) is 9.69 Å². The molecule has 2 bridgehead atoms. The maximum absolute atomic E-state index is 13.0. The van der Waals surface area contributed by atoms with E-state index in [9.17, 15) is 19.2 Å². The van der Waals surface area contributed by atoms with Crippen molar-refractivity contribution in [3.8, 4) is 0 Å². The molecule has 0 radical (unpaired) electrons. The number of likely N-dealkylation sites (N-methyl/N-ethyl adjacent to an activating group) is 1. The smallest absolute Gasteiger partial charge is 0.334 e. The Morgan fingerprint density at radius 1 is 1.05 bits per heavy atom. The molecule has 11 nitrogen and oxygen atoms in total. The van der Waals surface area contributed by atoms with Crippen molar-refractivity contribution >= 4 is 23.9 Å². The molecule has 0 saturated carbocycles. The van der Waals surface area contributed by atoms with Crippen LogP contribution in [0.25, 0.3) is 0 Å². The maximum atomic E-state index is 13.0. The summed E-state index contributed by atoms with van der Waals surface area (Å²) in [5, 5.41) is 15.6. The van der Waals surface area contributed by atoms with Crippen molar-refractivity contribution in [1.29, 1.82) is 0 Å². The number of piperazine rings is 1. The summed E-state index contributed by atoms with van der Waals surface area (Å²) in [7, 11) is 2.15. The Balaban J connectivity index is 0.000000406. The summed E-state index contributed by atoms with van der Waals surface area (Å²) in [6.07, 6.45) is 8.94. The number of carboxylic acids is 2. The lowest BCUT2D eigenvalue weighted by atomic mass is 9.82. The molecule has 3 saturated heterocycles. The first kappa shape index (κ1) is 30.0. The Hall–Kier alpha value is -3.02. The quantitative estimate of drug-likeness (QED) is 0.225. The zero-order chi connectivity index (χ0) is 29.0. The number of esters is 2. The molecular weight excluding hydrogens is 520 g/mol. The second-order valence-corrected chi connectivity index (χ2v) is 11.6. The molecule has 0 spiro atoms. The van der Waals surface area contributed by atoms with Gasteiger partial charge in [0.05, 0.1) is 17.6 Å². The van der Waals surface area contributed by atoms with Crippen LogP contribution < -0.4 is 0 Å². The molecule has 11 heteroatoms. The monoisotopic (exact) mass is 560 g/mol. The Morgan fingerprint density at radius 3 is 2.38 bits per heavy atom. The number of carbonyl (C=O) groups excluding carboxylic acids is 2. The molecule has 0 unspecified atom stereocenters. The Kier molecular flexibility index (Phi) is 9.48. The van der Waals surface area contributed by atoms with Gasteiger partial charge < -0.3 is 29.3 Å². The first-order valence-corrected chi connectivity index (χ1v) is 14.0. The highest BCUT2D eigenvalue weighted by Gasteiger charge is 2.53. The van der Waals surface area contributed by atoms with Crippen LogP contribution in [-0.2, 0) is 33.4 Å². The van der Waals surface area contributed by atoms with E-state index in [0.29, 0.717) is 25.0 Å². The van der Waals surface area contributed by atoms with Gasteiger partial charge in [-0.15, -0.1) is 0 Å². The van der Waals surface area contributed by atoms with E-state index in [-0.39, 0.29) is 47.7 Å². The largest absolute Gasteiger partial charge is 0.478 e. The van der Waals surface area contributed by atoms with Gasteiger partial charge in [-0.2, -0.15) is 0 Å². The normalized spacial score (nSPS) is 36.0. The molecule has 5 aliphatic rings. The predicted molar refractivity (Wildman–Crippen MR) is 143 cm³/mol. The van der Waals surface area contributed by atoms with Crippen LogP contribution in [0.5, 0.6) is 0 Å². The highest BCUT2D eigenvalue weighted by atomic mass is 16.6. The van der Waals surface area contributed by atoms with Crippen molar-refractivity contribution in [2.75, 3.05) is 39.8 Å². The van der Waals surface area contributed by atoms with E-state index in [4.69, 9.17) is 24.4 Å². The molecule has 1 aliphatic carbocycles. The highest BCUT2D eigenvalue weighted by Crippen LogP contribution is 2.46. The average Bonchev–Trinajstić information content (AvgIpc) is 3.26. The summed E-state index contributed by atoms with van der Waals surface area (Å²) in [6.45, 7) is 9.06. The molecule has 4 aliphatic heterocycles. The van der Waals surface area contributed by atoms with Gasteiger partial charge >= 0.3 is 23.9 Å². The minimum atomic E-state index is -1.26. The van der Waals surface area contributed by atoms with Gasteiger partial charge in [0.25, 0.3) is 0 Å². The number of hydrogen-bond acceptors (Lipinski definition) is 9. The van der Waals surface area contributed by atoms with Crippen molar-refractivity contribution in [3.05, 3.63) is 35.5 Å². The topological polar surface area (TPSA) is 146 Å².